The van der Waals surface area contributed by atoms with Crippen molar-refractivity contribution in [3.8, 4) is 6.07 Å². The van der Waals surface area contributed by atoms with Crippen molar-refractivity contribution >= 4 is 17.9 Å². The van der Waals surface area contributed by atoms with Gasteiger partial charge in [-0.15, -0.1) is 0 Å². The third-order valence-corrected chi connectivity index (χ3v) is 4.47. The Hall–Kier alpha value is -1.74. The summed E-state index contributed by atoms with van der Waals surface area (Å²) < 4.78 is 5.43. The summed E-state index contributed by atoms with van der Waals surface area (Å²) in [4.78, 5) is 18.2. The van der Waals surface area contributed by atoms with Gasteiger partial charge in [0.1, 0.15) is 16.7 Å². The lowest BCUT2D eigenvalue weighted by Crippen LogP contribution is -2.43. The molecule has 0 bridgehead atoms. The van der Waals surface area contributed by atoms with Gasteiger partial charge in [-0.05, 0) is 45.7 Å². The van der Waals surface area contributed by atoms with Crippen LogP contribution in [0.15, 0.2) is 23.4 Å². The molecule has 0 saturated carbocycles. The second kappa shape index (κ2) is 7.01. The van der Waals surface area contributed by atoms with Crippen molar-refractivity contribution in [1.29, 1.82) is 5.26 Å². The Morgan fingerprint density at radius 3 is 3.00 bits per heavy atom. The Bertz CT molecular complexity index is 577. The molecule has 2 heterocycles. The van der Waals surface area contributed by atoms with Crippen LogP contribution in [0.25, 0.3) is 0 Å². The van der Waals surface area contributed by atoms with E-state index >= 15 is 0 Å². The fourth-order valence-electron chi connectivity index (χ4n) is 2.25. The Morgan fingerprint density at radius 2 is 2.32 bits per heavy atom. The molecule has 0 aliphatic carbocycles. The molecule has 0 spiro atoms. The van der Waals surface area contributed by atoms with E-state index in [-0.39, 0.29) is 11.3 Å². The number of likely N-dealkylation sites (tertiary alicyclic amines) is 1. The highest BCUT2D eigenvalue weighted by molar-refractivity contribution is 8.00. The first-order chi connectivity index (χ1) is 10.4. The van der Waals surface area contributed by atoms with Crippen LogP contribution >= 0.6 is 11.8 Å². The predicted octanol–water partition coefficient (Wildman–Crippen LogP) is 3.44. The standard InChI is InChI=1S/C16H21N3O2S/c1-16(2,3)21-15(20)19-9-5-7-13(11-19)22-14-12(10-17)6-4-8-18-14/h4,6,8,13H,5,7,9,11H2,1-3H3/t13-/m1/s1. The van der Waals surface area contributed by atoms with Crippen molar-refractivity contribution < 1.29 is 9.53 Å². The second-order valence-corrected chi connectivity index (χ2v) is 7.57. The topological polar surface area (TPSA) is 66.2 Å². The zero-order valence-electron chi connectivity index (χ0n) is 13.2. The largest absolute Gasteiger partial charge is 0.444 e. The van der Waals surface area contributed by atoms with Gasteiger partial charge in [0.15, 0.2) is 0 Å². The molecule has 0 radical (unpaired) electrons. The predicted molar refractivity (Wildman–Crippen MR) is 85.6 cm³/mol. The van der Waals surface area contributed by atoms with Gasteiger partial charge in [0.05, 0.1) is 5.56 Å². The number of piperidine rings is 1. The van der Waals surface area contributed by atoms with E-state index in [0.29, 0.717) is 12.1 Å². The number of nitrogens with zero attached hydrogens (tertiary/aromatic N) is 3. The van der Waals surface area contributed by atoms with Crippen LogP contribution in [-0.4, -0.2) is 39.9 Å². The van der Waals surface area contributed by atoms with Crippen LogP contribution in [-0.2, 0) is 4.74 Å². The highest BCUT2D eigenvalue weighted by Gasteiger charge is 2.28. The van der Waals surface area contributed by atoms with Crippen LogP contribution in [0.5, 0.6) is 0 Å². The average molecular weight is 319 g/mol. The lowest BCUT2D eigenvalue weighted by atomic mass is 10.1. The second-order valence-electron chi connectivity index (χ2n) is 6.28. The summed E-state index contributed by atoms with van der Waals surface area (Å²) in [6.07, 6.45) is 3.37. The number of carbonyl (C=O) groups is 1. The Labute approximate surface area is 135 Å². The lowest BCUT2D eigenvalue weighted by molar-refractivity contribution is 0.0220. The summed E-state index contributed by atoms with van der Waals surface area (Å²) in [5.41, 5.74) is 0.105. The van der Waals surface area contributed by atoms with E-state index in [9.17, 15) is 4.79 Å². The molecule has 118 valence electrons. The summed E-state index contributed by atoms with van der Waals surface area (Å²) in [5, 5.41) is 10.1. The van der Waals surface area contributed by atoms with Gasteiger partial charge in [-0.3, -0.25) is 0 Å². The third kappa shape index (κ3) is 4.63. The highest BCUT2D eigenvalue weighted by Crippen LogP contribution is 2.30. The molecule has 1 aromatic heterocycles. The van der Waals surface area contributed by atoms with E-state index in [0.717, 1.165) is 24.4 Å². The molecule has 0 unspecified atom stereocenters. The number of rotatable bonds is 2. The minimum atomic E-state index is -0.480. The van der Waals surface area contributed by atoms with Gasteiger partial charge in [0.2, 0.25) is 0 Å². The molecule has 22 heavy (non-hydrogen) atoms. The number of nitriles is 1. The number of thioether (sulfide) groups is 1. The van der Waals surface area contributed by atoms with Crippen molar-refractivity contribution in [2.45, 2.75) is 49.5 Å². The van der Waals surface area contributed by atoms with Gasteiger partial charge >= 0.3 is 6.09 Å². The number of aromatic nitrogens is 1. The average Bonchev–Trinajstić information content (AvgIpc) is 2.46. The number of amides is 1. The molecule has 1 aliphatic heterocycles. The molecule has 1 aliphatic rings. The van der Waals surface area contributed by atoms with E-state index in [1.165, 1.54) is 0 Å². The number of ether oxygens (including phenoxy) is 1. The van der Waals surface area contributed by atoms with Crippen molar-refractivity contribution in [3.05, 3.63) is 23.9 Å². The van der Waals surface area contributed by atoms with E-state index in [1.54, 1.807) is 35.0 Å². The van der Waals surface area contributed by atoms with Crippen LogP contribution in [0.2, 0.25) is 0 Å². The van der Waals surface area contributed by atoms with E-state index in [2.05, 4.69) is 11.1 Å². The number of hydrogen-bond acceptors (Lipinski definition) is 5. The molecule has 0 N–H and O–H groups in total. The van der Waals surface area contributed by atoms with Crippen LogP contribution < -0.4 is 0 Å². The minimum absolute atomic E-state index is 0.239. The number of hydrogen-bond donors (Lipinski definition) is 0. The molecular formula is C16H21N3O2S. The van der Waals surface area contributed by atoms with Crippen molar-refractivity contribution in [2.75, 3.05) is 13.1 Å². The number of pyridine rings is 1. The molecule has 1 saturated heterocycles. The molecule has 1 aromatic rings. The van der Waals surface area contributed by atoms with E-state index < -0.39 is 5.60 Å². The molecule has 6 heteroatoms. The lowest BCUT2D eigenvalue weighted by Gasteiger charge is -2.33. The molecule has 1 amide bonds. The van der Waals surface area contributed by atoms with Crippen LogP contribution in [0.1, 0.15) is 39.2 Å². The third-order valence-electron chi connectivity index (χ3n) is 3.20. The first kappa shape index (κ1) is 16.6. The van der Waals surface area contributed by atoms with Gasteiger partial charge in [0.25, 0.3) is 0 Å². The normalized spacial score (nSPS) is 18.6. The molecule has 1 atom stereocenters. The first-order valence-electron chi connectivity index (χ1n) is 7.39. The van der Waals surface area contributed by atoms with Gasteiger partial charge in [-0.1, -0.05) is 11.8 Å². The monoisotopic (exact) mass is 319 g/mol. The van der Waals surface area contributed by atoms with E-state index in [1.807, 2.05) is 20.8 Å². The SMILES string of the molecule is CC(C)(C)OC(=O)N1CCC[C@@H](Sc2ncccc2C#N)C1. The zero-order valence-corrected chi connectivity index (χ0v) is 14.0. The van der Waals surface area contributed by atoms with Gasteiger partial charge in [-0.2, -0.15) is 5.26 Å². The maximum absolute atomic E-state index is 12.2. The summed E-state index contributed by atoms with van der Waals surface area (Å²) in [6, 6.07) is 5.69. The summed E-state index contributed by atoms with van der Waals surface area (Å²) in [7, 11) is 0. The molecule has 1 fully saturated rings. The highest BCUT2D eigenvalue weighted by atomic mass is 32.2. The summed E-state index contributed by atoms with van der Waals surface area (Å²) in [5.74, 6) is 0. The molecule has 5 nitrogen and oxygen atoms in total. The fraction of sp³-hybridized carbons (Fsp3) is 0.562. The minimum Gasteiger partial charge on any atom is -0.444 e. The van der Waals surface area contributed by atoms with Crippen molar-refractivity contribution in [3.63, 3.8) is 0 Å². The Kier molecular flexibility index (Phi) is 5.30. The summed E-state index contributed by atoms with van der Waals surface area (Å²) in [6.45, 7) is 6.96. The Morgan fingerprint density at radius 1 is 1.55 bits per heavy atom. The fourth-order valence-corrected chi connectivity index (χ4v) is 3.47. The quantitative estimate of drug-likeness (QED) is 0.835. The van der Waals surface area contributed by atoms with Gasteiger partial charge in [-0.25, -0.2) is 9.78 Å². The maximum atomic E-state index is 12.2. The summed E-state index contributed by atoms with van der Waals surface area (Å²) >= 11 is 1.57. The first-order valence-corrected chi connectivity index (χ1v) is 8.27. The maximum Gasteiger partial charge on any atom is 0.410 e. The molecule has 0 aromatic carbocycles. The van der Waals surface area contributed by atoms with Crippen LogP contribution in [0.4, 0.5) is 4.79 Å². The molecular weight excluding hydrogens is 298 g/mol. The van der Waals surface area contributed by atoms with Gasteiger partial charge in [0, 0.05) is 24.5 Å². The van der Waals surface area contributed by atoms with E-state index in [4.69, 9.17) is 10.00 Å². The number of carbonyl (C=O) groups excluding carboxylic acids is 1. The van der Waals surface area contributed by atoms with Crippen LogP contribution in [0, 0.1) is 11.3 Å². The Balaban J connectivity index is 1.99. The smallest absolute Gasteiger partial charge is 0.410 e. The van der Waals surface area contributed by atoms with Crippen molar-refractivity contribution in [1.82, 2.24) is 9.88 Å². The zero-order chi connectivity index (χ0) is 16.2. The van der Waals surface area contributed by atoms with Crippen molar-refractivity contribution in [2.24, 2.45) is 0 Å². The van der Waals surface area contributed by atoms with Gasteiger partial charge < -0.3 is 9.64 Å². The van der Waals surface area contributed by atoms with Crippen LogP contribution in [0.3, 0.4) is 0 Å². The molecule has 2 rings (SSSR count).